The molecule has 0 aliphatic carbocycles. The first-order chi connectivity index (χ1) is 15.2. The summed E-state index contributed by atoms with van der Waals surface area (Å²) in [5, 5.41) is 11.7. The molecule has 1 amide bonds. The molecule has 1 unspecified atom stereocenters. The molecule has 9 nitrogen and oxygen atoms in total. The molecular weight excluding hydrogens is 436 g/mol. The van der Waals surface area contributed by atoms with Crippen molar-refractivity contribution in [2.24, 2.45) is 0 Å². The second kappa shape index (κ2) is 9.67. The van der Waals surface area contributed by atoms with Crippen molar-refractivity contribution in [2.75, 3.05) is 13.7 Å². The number of aromatic amines is 1. The van der Waals surface area contributed by atoms with Crippen LogP contribution in [0.4, 0.5) is 0 Å². The first-order valence-electron chi connectivity index (χ1n) is 9.57. The molecule has 0 saturated heterocycles. The fourth-order valence-corrected chi connectivity index (χ4v) is 3.79. The number of carboxylic acid groups (broad SMARTS) is 1. The molecule has 3 N–H and O–H groups in total. The average molecular weight is 458 g/mol. The van der Waals surface area contributed by atoms with E-state index in [1.54, 1.807) is 42.5 Å². The number of ether oxygens (including phenoxy) is 1. The third-order valence-electron chi connectivity index (χ3n) is 4.59. The van der Waals surface area contributed by atoms with Gasteiger partial charge in [-0.2, -0.15) is 8.42 Å². The molecule has 0 radical (unpaired) electrons. The van der Waals surface area contributed by atoms with E-state index in [4.69, 9.17) is 8.92 Å². The van der Waals surface area contributed by atoms with Gasteiger partial charge in [-0.05, 0) is 24.6 Å². The van der Waals surface area contributed by atoms with Crippen molar-refractivity contribution >= 4 is 22.0 Å². The van der Waals surface area contributed by atoms with Gasteiger partial charge in [-0.3, -0.25) is 8.98 Å². The fraction of sp³-hybridized carbons (Fsp3) is 0.182. The van der Waals surface area contributed by atoms with Gasteiger partial charge in [0.15, 0.2) is 5.75 Å². The lowest BCUT2D eigenvalue weighted by Crippen LogP contribution is -2.22. The number of hydrogen-bond acceptors (Lipinski definition) is 6. The first-order valence-corrected chi connectivity index (χ1v) is 11.0. The number of hydrogen-bond donors (Lipinski definition) is 3. The van der Waals surface area contributed by atoms with Crippen LogP contribution in [0, 0.1) is 6.92 Å². The van der Waals surface area contributed by atoms with Crippen LogP contribution in [0.5, 0.6) is 5.75 Å². The van der Waals surface area contributed by atoms with Gasteiger partial charge >= 0.3 is 5.97 Å². The van der Waals surface area contributed by atoms with E-state index in [0.29, 0.717) is 5.56 Å². The Morgan fingerprint density at radius 1 is 1.09 bits per heavy atom. The van der Waals surface area contributed by atoms with Gasteiger partial charge in [0.05, 0.1) is 4.90 Å². The highest BCUT2D eigenvalue weighted by Crippen LogP contribution is 2.28. The van der Waals surface area contributed by atoms with E-state index in [-0.39, 0.29) is 22.0 Å². The van der Waals surface area contributed by atoms with Crippen molar-refractivity contribution in [1.29, 1.82) is 0 Å². The van der Waals surface area contributed by atoms with E-state index >= 15 is 0 Å². The molecule has 32 heavy (non-hydrogen) atoms. The third kappa shape index (κ3) is 5.34. The summed E-state index contributed by atoms with van der Waals surface area (Å²) < 4.78 is 36.4. The third-order valence-corrected chi connectivity index (χ3v) is 5.89. The second-order valence-corrected chi connectivity index (χ2v) is 8.49. The van der Waals surface area contributed by atoms with Gasteiger partial charge in [-0.25, -0.2) is 4.79 Å². The normalized spacial score (nSPS) is 12.2. The van der Waals surface area contributed by atoms with E-state index in [1.165, 1.54) is 19.2 Å². The van der Waals surface area contributed by atoms with Crippen LogP contribution in [0.1, 0.15) is 38.2 Å². The monoisotopic (exact) mass is 458 g/mol. The van der Waals surface area contributed by atoms with Crippen molar-refractivity contribution in [3.8, 4) is 5.75 Å². The Balaban J connectivity index is 1.90. The average Bonchev–Trinajstić information content (AvgIpc) is 3.21. The smallest absolute Gasteiger partial charge is 0.352 e. The van der Waals surface area contributed by atoms with Crippen LogP contribution in [0.25, 0.3) is 0 Å². The molecule has 2 aromatic carbocycles. The maximum absolute atomic E-state index is 12.6. The van der Waals surface area contributed by atoms with E-state index in [0.717, 1.165) is 11.6 Å². The summed E-state index contributed by atoms with van der Waals surface area (Å²) in [6.07, 6.45) is -0.947. The summed E-state index contributed by atoms with van der Waals surface area (Å²) in [6, 6.07) is 16.0. The number of carboxylic acids is 1. The number of nitrogens with one attached hydrogen (secondary N) is 2. The molecule has 0 aliphatic rings. The summed E-state index contributed by atoms with van der Waals surface area (Å²) in [4.78, 5) is 26.0. The van der Waals surface area contributed by atoms with Gasteiger partial charge in [0.1, 0.15) is 24.1 Å². The van der Waals surface area contributed by atoms with Crippen molar-refractivity contribution < 1.29 is 32.0 Å². The maximum Gasteiger partial charge on any atom is 0.352 e. The lowest BCUT2D eigenvalue weighted by molar-refractivity contribution is 0.0691. The molecule has 168 valence electrons. The number of aryl methyl sites for hydroxylation is 1. The lowest BCUT2D eigenvalue weighted by Gasteiger charge is -2.19. The SMILES string of the molecule is CNC(=O)c1[nH]c(C(=O)O)cc1OC(COS(=O)(=O)c1ccc(C)cc1)c1ccccc1. The molecule has 0 saturated carbocycles. The fourth-order valence-electron chi connectivity index (χ4n) is 2.88. The lowest BCUT2D eigenvalue weighted by atomic mass is 10.1. The molecule has 0 aliphatic heterocycles. The van der Waals surface area contributed by atoms with Crippen LogP contribution in [0.3, 0.4) is 0 Å². The van der Waals surface area contributed by atoms with Crippen molar-refractivity contribution in [3.63, 3.8) is 0 Å². The number of aromatic carboxylic acids is 1. The van der Waals surface area contributed by atoms with Crippen molar-refractivity contribution in [2.45, 2.75) is 17.9 Å². The molecule has 1 atom stereocenters. The number of rotatable bonds is 9. The Morgan fingerprint density at radius 3 is 2.34 bits per heavy atom. The van der Waals surface area contributed by atoms with Gasteiger partial charge in [-0.1, -0.05) is 48.0 Å². The predicted octanol–water partition coefficient (Wildman–Crippen LogP) is 2.91. The van der Waals surface area contributed by atoms with Gasteiger partial charge in [-0.15, -0.1) is 0 Å². The van der Waals surface area contributed by atoms with E-state index < -0.39 is 34.7 Å². The molecular formula is C22H22N2O7S. The van der Waals surface area contributed by atoms with Gasteiger partial charge in [0.2, 0.25) is 0 Å². The molecule has 10 heteroatoms. The quantitative estimate of drug-likeness (QED) is 0.420. The summed E-state index contributed by atoms with van der Waals surface area (Å²) in [7, 11) is -2.68. The number of carbonyl (C=O) groups excluding carboxylic acids is 1. The Kier molecular flexibility index (Phi) is 6.96. The topological polar surface area (TPSA) is 135 Å². The highest BCUT2D eigenvalue weighted by atomic mass is 32.2. The minimum atomic E-state index is -4.07. The summed E-state index contributed by atoms with van der Waals surface area (Å²) in [5.74, 6) is -1.92. The summed E-state index contributed by atoms with van der Waals surface area (Å²) in [5.41, 5.74) is 1.12. The predicted molar refractivity (Wildman–Crippen MR) is 115 cm³/mol. The first kappa shape index (κ1) is 23.0. The summed E-state index contributed by atoms with van der Waals surface area (Å²) >= 11 is 0. The molecule has 3 aromatic rings. The molecule has 0 bridgehead atoms. The Bertz CT molecular complexity index is 1200. The molecule has 1 aromatic heterocycles. The van der Waals surface area contributed by atoms with Crippen LogP contribution < -0.4 is 10.1 Å². The minimum Gasteiger partial charge on any atom is -0.481 e. The van der Waals surface area contributed by atoms with Crippen molar-refractivity contribution in [3.05, 3.63) is 83.2 Å². The van der Waals surface area contributed by atoms with Gasteiger partial charge in [0.25, 0.3) is 16.0 Å². The minimum absolute atomic E-state index is 0.00392. The van der Waals surface area contributed by atoms with Crippen LogP contribution in [0.15, 0.2) is 65.6 Å². The summed E-state index contributed by atoms with van der Waals surface area (Å²) in [6.45, 7) is 1.43. The largest absolute Gasteiger partial charge is 0.481 e. The van der Waals surface area contributed by atoms with Crippen LogP contribution in [-0.4, -0.2) is 44.0 Å². The van der Waals surface area contributed by atoms with E-state index in [1.807, 2.05) is 6.92 Å². The van der Waals surface area contributed by atoms with Crippen LogP contribution in [-0.2, 0) is 14.3 Å². The number of aromatic nitrogens is 1. The van der Waals surface area contributed by atoms with Gasteiger partial charge in [0, 0.05) is 13.1 Å². The zero-order valence-corrected chi connectivity index (χ0v) is 18.2. The molecule has 0 spiro atoms. The Labute approximate surface area is 185 Å². The highest BCUT2D eigenvalue weighted by Gasteiger charge is 2.25. The highest BCUT2D eigenvalue weighted by molar-refractivity contribution is 7.86. The van der Waals surface area contributed by atoms with Crippen molar-refractivity contribution in [1.82, 2.24) is 10.3 Å². The van der Waals surface area contributed by atoms with Crippen LogP contribution in [0.2, 0.25) is 0 Å². The maximum atomic E-state index is 12.6. The molecule has 0 fully saturated rings. The Morgan fingerprint density at radius 2 is 1.75 bits per heavy atom. The standard InChI is InChI=1S/C22H22N2O7S/c1-14-8-10-16(11-9-14)32(28,29)30-13-19(15-6-4-3-5-7-15)31-18-12-17(22(26)27)24-20(18)21(25)23-2/h3-12,19,24H,13H2,1-2H3,(H,23,25)(H,26,27). The zero-order valence-electron chi connectivity index (χ0n) is 17.4. The zero-order chi connectivity index (χ0) is 23.3. The number of benzene rings is 2. The van der Waals surface area contributed by atoms with Crippen LogP contribution >= 0.6 is 0 Å². The Hall–Kier alpha value is -3.63. The van der Waals surface area contributed by atoms with E-state index in [9.17, 15) is 23.1 Å². The van der Waals surface area contributed by atoms with E-state index in [2.05, 4.69) is 10.3 Å². The number of H-pyrrole nitrogens is 1. The van der Waals surface area contributed by atoms with Gasteiger partial charge < -0.3 is 20.1 Å². The molecule has 3 rings (SSSR count). The molecule has 1 heterocycles. The second-order valence-electron chi connectivity index (χ2n) is 6.88. The number of amides is 1. The number of carbonyl (C=O) groups is 2.